The molecule has 0 spiro atoms. The first-order chi connectivity index (χ1) is 15.4. The number of amides is 1. The molecule has 7 nitrogen and oxygen atoms in total. The van der Waals surface area contributed by atoms with Crippen LogP contribution in [-0.4, -0.2) is 37.4 Å². The van der Waals surface area contributed by atoms with Crippen molar-refractivity contribution in [3.63, 3.8) is 0 Å². The molecule has 0 aliphatic carbocycles. The van der Waals surface area contributed by atoms with E-state index in [1.54, 1.807) is 13.8 Å². The molecule has 0 fully saturated rings. The molecule has 32 heavy (non-hydrogen) atoms. The minimum absolute atomic E-state index is 0.230. The fourth-order valence-electron chi connectivity index (χ4n) is 2.91. The second-order valence-electron chi connectivity index (χ2n) is 7.36. The number of esters is 1. The summed E-state index contributed by atoms with van der Waals surface area (Å²) in [6.45, 7) is 8.54. The summed E-state index contributed by atoms with van der Waals surface area (Å²) in [6, 6.07) is 15.0. The van der Waals surface area contributed by atoms with E-state index in [-0.39, 0.29) is 12.6 Å². The van der Waals surface area contributed by atoms with E-state index < -0.39 is 20.4 Å². The number of carbonyl (C=O) groups is 2. The molecule has 2 aromatic carbocycles. The normalized spacial score (nSPS) is 12.5. The molecule has 2 atom stereocenters. The van der Waals surface area contributed by atoms with Crippen molar-refractivity contribution in [1.29, 1.82) is 0 Å². The zero-order valence-corrected chi connectivity index (χ0v) is 20.1. The van der Waals surface area contributed by atoms with Crippen molar-refractivity contribution in [2.45, 2.75) is 46.8 Å². The number of rotatable bonds is 12. The van der Waals surface area contributed by atoms with Crippen LogP contribution in [0.5, 0.6) is 5.75 Å². The molecule has 0 radical (unpaired) electrons. The molecule has 2 N–H and O–H groups in total. The van der Waals surface area contributed by atoms with Crippen molar-refractivity contribution in [1.82, 2.24) is 10.4 Å². The minimum atomic E-state index is -1.17. The Bertz CT molecular complexity index is 842. The van der Waals surface area contributed by atoms with Crippen molar-refractivity contribution in [3.8, 4) is 5.75 Å². The van der Waals surface area contributed by atoms with Gasteiger partial charge >= 0.3 is 12.1 Å². The van der Waals surface area contributed by atoms with Gasteiger partial charge in [0.25, 0.3) is 0 Å². The van der Waals surface area contributed by atoms with Crippen molar-refractivity contribution >= 4 is 20.4 Å². The third-order valence-electron chi connectivity index (χ3n) is 4.61. The van der Waals surface area contributed by atoms with Gasteiger partial charge in [0.2, 0.25) is 0 Å². The fraction of sp³-hybridized carbons (Fsp3) is 0.417. The molecule has 1 amide bonds. The Balaban J connectivity index is 1.86. The molecule has 8 heteroatoms. The molecule has 0 aliphatic heterocycles. The SMILES string of the molecule is CCOC(=O)C(C)NP(CCCNC(=O)OCc1ccccc1)Oc1c(C)cccc1C. The van der Waals surface area contributed by atoms with Gasteiger partial charge < -0.3 is 19.3 Å². The van der Waals surface area contributed by atoms with E-state index in [0.29, 0.717) is 25.7 Å². The summed E-state index contributed by atoms with van der Waals surface area (Å²) in [6.07, 6.45) is 0.854. The predicted molar refractivity (Wildman–Crippen MR) is 127 cm³/mol. The molecule has 2 rings (SSSR count). The number of ether oxygens (including phenoxy) is 2. The van der Waals surface area contributed by atoms with Crippen LogP contribution in [0.4, 0.5) is 4.79 Å². The Morgan fingerprint density at radius 1 is 1.00 bits per heavy atom. The number of hydrogen-bond acceptors (Lipinski definition) is 6. The second-order valence-corrected chi connectivity index (χ2v) is 9.00. The summed E-state index contributed by atoms with van der Waals surface area (Å²) in [4.78, 5) is 24.0. The lowest BCUT2D eigenvalue weighted by molar-refractivity contribution is -0.144. The van der Waals surface area contributed by atoms with Crippen LogP contribution < -0.4 is 14.9 Å². The van der Waals surface area contributed by atoms with Crippen LogP contribution >= 0.6 is 8.30 Å². The summed E-state index contributed by atoms with van der Waals surface area (Å²) in [5.74, 6) is 0.505. The molecule has 2 unspecified atom stereocenters. The molecule has 0 saturated carbocycles. The number of alkyl carbamates (subject to hydrolysis) is 1. The van der Waals surface area contributed by atoms with Crippen LogP contribution in [0.3, 0.4) is 0 Å². The third-order valence-corrected chi connectivity index (χ3v) is 6.41. The average Bonchev–Trinajstić information content (AvgIpc) is 2.78. The van der Waals surface area contributed by atoms with Crippen molar-refractivity contribution in [2.75, 3.05) is 19.3 Å². The molecule has 0 aromatic heterocycles. The first-order valence-electron chi connectivity index (χ1n) is 10.8. The van der Waals surface area contributed by atoms with Crippen LogP contribution in [-0.2, 0) is 20.9 Å². The number of benzene rings is 2. The second kappa shape index (κ2) is 13.7. The van der Waals surface area contributed by atoms with Crippen molar-refractivity contribution < 1.29 is 23.6 Å². The van der Waals surface area contributed by atoms with Gasteiger partial charge in [0.1, 0.15) is 18.4 Å². The van der Waals surface area contributed by atoms with Crippen molar-refractivity contribution in [2.24, 2.45) is 0 Å². The maximum Gasteiger partial charge on any atom is 0.407 e. The van der Waals surface area contributed by atoms with Crippen LogP contribution in [0, 0.1) is 13.8 Å². The van der Waals surface area contributed by atoms with Crippen LogP contribution in [0.15, 0.2) is 48.5 Å². The maximum atomic E-state index is 12.1. The zero-order valence-electron chi connectivity index (χ0n) is 19.2. The Labute approximate surface area is 191 Å². The van der Waals surface area contributed by atoms with Gasteiger partial charge in [0.05, 0.1) is 6.61 Å². The van der Waals surface area contributed by atoms with Gasteiger partial charge in [-0.2, -0.15) is 0 Å². The largest absolute Gasteiger partial charge is 0.465 e. The monoisotopic (exact) mass is 460 g/mol. The summed E-state index contributed by atoms with van der Waals surface area (Å²) < 4.78 is 16.6. The van der Waals surface area contributed by atoms with Crippen LogP contribution in [0.1, 0.15) is 37.0 Å². The number of para-hydroxylation sites is 1. The highest BCUT2D eigenvalue weighted by atomic mass is 31.2. The summed E-state index contributed by atoms with van der Waals surface area (Å²) in [5.41, 5.74) is 3.00. The highest BCUT2D eigenvalue weighted by Crippen LogP contribution is 2.38. The Hall–Kier alpha value is -2.63. The lowest BCUT2D eigenvalue weighted by Gasteiger charge is -2.24. The van der Waals surface area contributed by atoms with E-state index in [0.717, 1.165) is 22.4 Å². The van der Waals surface area contributed by atoms with E-state index in [4.69, 9.17) is 14.0 Å². The van der Waals surface area contributed by atoms with Gasteiger partial charge in [-0.15, -0.1) is 0 Å². The van der Waals surface area contributed by atoms with E-state index in [9.17, 15) is 9.59 Å². The number of aryl methyl sites for hydroxylation is 2. The maximum absolute atomic E-state index is 12.1. The van der Waals surface area contributed by atoms with E-state index >= 15 is 0 Å². The molecular formula is C24H33N2O5P. The highest BCUT2D eigenvalue weighted by Gasteiger charge is 2.22. The number of hydrogen-bond donors (Lipinski definition) is 2. The number of nitrogens with one attached hydrogen (secondary N) is 2. The van der Waals surface area contributed by atoms with Gasteiger partial charge in [-0.25, -0.2) is 4.79 Å². The Kier molecular flexibility index (Phi) is 11.0. The number of carbonyl (C=O) groups excluding carboxylic acids is 2. The van der Waals surface area contributed by atoms with Gasteiger partial charge in [0, 0.05) is 12.7 Å². The predicted octanol–water partition coefficient (Wildman–Crippen LogP) is 4.85. The van der Waals surface area contributed by atoms with E-state index in [1.165, 1.54) is 0 Å². The molecular weight excluding hydrogens is 427 g/mol. The molecule has 0 saturated heterocycles. The molecule has 2 aromatic rings. The summed E-state index contributed by atoms with van der Waals surface area (Å²) in [7, 11) is -1.17. The zero-order chi connectivity index (χ0) is 23.3. The molecule has 174 valence electrons. The molecule has 0 heterocycles. The van der Waals surface area contributed by atoms with E-state index in [2.05, 4.69) is 10.4 Å². The van der Waals surface area contributed by atoms with E-state index in [1.807, 2.05) is 62.4 Å². The lowest BCUT2D eigenvalue weighted by Crippen LogP contribution is -2.34. The lowest BCUT2D eigenvalue weighted by atomic mass is 10.1. The van der Waals surface area contributed by atoms with Gasteiger partial charge in [-0.05, 0) is 50.8 Å². The Morgan fingerprint density at radius 2 is 1.69 bits per heavy atom. The Morgan fingerprint density at radius 3 is 2.34 bits per heavy atom. The molecule has 0 bridgehead atoms. The summed E-state index contributed by atoms with van der Waals surface area (Å²) >= 11 is 0. The smallest absolute Gasteiger partial charge is 0.407 e. The topological polar surface area (TPSA) is 85.9 Å². The first-order valence-corrected chi connectivity index (χ1v) is 12.2. The van der Waals surface area contributed by atoms with Crippen molar-refractivity contribution in [3.05, 3.63) is 65.2 Å². The van der Waals surface area contributed by atoms with Gasteiger partial charge in [0.15, 0.2) is 8.30 Å². The van der Waals surface area contributed by atoms with Crippen LogP contribution in [0.2, 0.25) is 0 Å². The average molecular weight is 461 g/mol. The minimum Gasteiger partial charge on any atom is -0.465 e. The highest BCUT2D eigenvalue weighted by molar-refractivity contribution is 7.50. The van der Waals surface area contributed by atoms with Gasteiger partial charge in [-0.3, -0.25) is 9.88 Å². The van der Waals surface area contributed by atoms with Crippen LogP contribution in [0.25, 0.3) is 0 Å². The third kappa shape index (κ3) is 8.85. The quantitative estimate of drug-likeness (QED) is 0.268. The molecule has 0 aliphatic rings. The first kappa shape index (κ1) is 25.6. The standard InChI is InChI=1S/C24H33N2O5P/c1-5-29-23(27)20(4)26-32(31-22-18(2)11-9-12-19(22)3)16-10-15-25-24(28)30-17-21-13-7-6-8-14-21/h6-9,11-14,20,26H,5,10,15-17H2,1-4H3,(H,25,28). The fourth-order valence-corrected chi connectivity index (χ4v) is 4.68. The summed E-state index contributed by atoms with van der Waals surface area (Å²) in [5, 5.41) is 6.03. The van der Waals surface area contributed by atoms with Gasteiger partial charge in [-0.1, -0.05) is 48.5 Å².